The monoisotopic (exact) mass is 285 g/mol. The maximum atomic E-state index is 11.3. The van der Waals surface area contributed by atoms with E-state index in [2.05, 4.69) is 6.92 Å². The summed E-state index contributed by atoms with van der Waals surface area (Å²) in [5.74, 6) is 0. The molecular formula is C14H23NO3S. The summed E-state index contributed by atoms with van der Waals surface area (Å²) in [6.45, 7) is 2.15. The summed E-state index contributed by atoms with van der Waals surface area (Å²) in [6, 6.07) is 4.98. The molecule has 0 heterocycles. The number of benzene rings is 1. The van der Waals surface area contributed by atoms with Crippen LogP contribution in [0, 0.1) is 0 Å². The summed E-state index contributed by atoms with van der Waals surface area (Å²) in [7, 11) is -0.714. The van der Waals surface area contributed by atoms with Crippen molar-refractivity contribution in [3.63, 3.8) is 0 Å². The topological polar surface area (TPSA) is 61.6 Å². The molecule has 4 nitrogen and oxygen atoms in total. The Balaban J connectivity index is 3.04. The molecule has 0 aliphatic heterocycles. The van der Waals surface area contributed by atoms with Crippen LogP contribution in [-0.2, 0) is 16.5 Å². The standard InChI is InChI=1S/C14H23NO3S/c1-4-5-6-7-9-12-10-8-11-13(19(16,17)18)14(12)15(2)3/h8,10-11H,4-7,9H2,1-3H3,(H,16,17,18). The second-order valence-corrected chi connectivity index (χ2v) is 6.40. The van der Waals surface area contributed by atoms with Gasteiger partial charge in [0.05, 0.1) is 14.1 Å². The summed E-state index contributed by atoms with van der Waals surface area (Å²) in [4.78, 5) is 0.793. The van der Waals surface area contributed by atoms with Gasteiger partial charge in [-0.3, -0.25) is 0 Å². The molecule has 0 spiro atoms. The van der Waals surface area contributed by atoms with Gasteiger partial charge in [0.1, 0.15) is 15.0 Å². The number of hydrogen-bond donors (Lipinski definition) is 1. The van der Waals surface area contributed by atoms with E-state index in [9.17, 15) is 13.0 Å². The third-order valence-corrected chi connectivity index (χ3v) is 4.06. The molecule has 0 bridgehead atoms. The molecule has 0 aromatic heterocycles. The van der Waals surface area contributed by atoms with Gasteiger partial charge in [0.25, 0.3) is 0 Å². The van der Waals surface area contributed by atoms with Crippen molar-refractivity contribution < 1.29 is 17.9 Å². The predicted molar refractivity (Wildman–Crippen MR) is 74.7 cm³/mol. The highest BCUT2D eigenvalue weighted by Crippen LogP contribution is 2.23. The zero-order chi connectivity index (χ0) is 14.5. The first-order valence-electron chi connectivity index (χ1n) is 6.76. The minimum Gasteiger partial charge on any atom is -0.744 e. The third kappa shape index (κ3) is 4.60. The van der Waals surface area contributed by atoms with E-state index in [0.29, 0.717) is 5.69 Å². The normalized spacial score (nSPS) is 12.1. The van der Waals surface area contributed by atoms with Crippen LogP contribution in [0.1, 0.15) is 38.2 Å². The number of hydrogen-bond acceptors (Lipinski definition) is 3. The van der Waals surface area contributed by atoms with E-state index in [0.717, 1.165) is 29.7 Å². The number of para-hydroxylation sites is 1. The fourth-order valence-electron chi connectivity index (χ4n) is 2.30. The predicted octanol–water partition coefficient (Wildman–Crippen LogP) is 1.49. The van der Waals surface area contributed by atoms with Gasteiger partial charge in [0.15, 0.2) is 5.69 Å². The van der Waals surface area contributed by atoms with Gasteiger partial charge in [-0.1, -0.05) is 38.3 Å². The Morgan fingerprint density at radius 2 is 1.84 bits per heavy atom. The van der Waals surface area contributed by atoms with Crippen molar-refractivity contribution in [2.75, 3.05) is 14.1 Å². The molecule has 0 aliphatic rings. The minimum absolute atomic E-state index is 0.0829. The number of aryl methyl sites for hydroxylation is 1. The van der Waals surface area contributed by atoms with Gasteiger partial charge in [-0.25, -0.2) is 8.42 Å². The Hall–Kier alpha value is -0.910. The average molecular weight is 285 g/mol. The highest BCUT2D eigenvalue weighted by atomic mass is 32.2. The van der Waals surface area contributed by atoms with Crippen LogP contribution in [0.25, 0.3) is 0 Å². The molecule has 5 heteroatoms. The summed E-state index contributed by atoms with van der Waals surface area (Å²) >= 11 is 0. The highest BCUT2D eigenvalue weighted by Gasteiger charge is 2.18. The first kappa shape index (κ1) is 16.1. The maximum absolute atomic E-state index is 11.3. The molecule has 0 aliphatic carbocycles. The lowest BCUT2D eigenvalue weighted by Crippen LogP contribution is -3.00. The molecule has 0 amide bonds. The molecule has 0 unspecified atom stereocenters. The molecule has 1 N–H and O–H groups in total. The van der Waals surface area contributed by atoms with Crippen LogP contribution < -0.4 is 4.90 Å². The van der Waals surface area contributed by atoms with Crippen LogP contribution in [0.4, 0.5) is 5.69 Å². The van der Waals surface area contributed by atoms with E-state index < -0.39 is 10.1 Å². The van der Waals surface area contributed by atoms with Crippen molar-refractivity contribution in [2.45, 2.75) is 43.9 Å². The van der Waals surface area contributed by atoms with Gasteiger partial charge in [0, 0.05) is 5.56 Å². The Morgan fingerprint density at radius 3 is 2.37 bits per heavy atom. The number of rotatable bonds is 7. The Kier molecular flexibility index (Phi) is 5.97. The van der Waals surface area contributed by atoms with Crippen molar-refractivity contribution in [3.05, 3.63) is 23.8 Å². The van der Waals surface area contributed by atoms with E-state index in [1.807, 2.05) is 20.2 Å². The van der Waals surface area contributed by atoms with Gasteiger partial charge in [-0.15, -0.1) is 0 Å². The van der Waals surface area contributed by atoms with Crippen molar-refractivity contribution in [3.8, 4) is 0 Å². The minimum atomic E-state index is -4.41. The van der Waals surface area contributed by atoms with Gasteiger partial charge in [-0.05, 0) is 18.9 Å². The molecule has 19 heavy (non-hydrogen) atoms. The average Bonchev–Trinajstić information content (AvgIpc) is 2.33. The molecule has 0 saturated heterocycles. The lowest BCUT2D eigenvalue weighted by atomic mass is 10.0. The Morgan fingerprint density at radius 1 is 1.16 bits per heavy atom. The second-order valence-electron chi connectivity index (χ2n) is 5.06. The van der Waals surface area contributed by atoms with Crippen molar-refractivity contribution in [2.24, 2.45) is 0 Å². The van der Waals surface area contributed by atoms with Gasteiger partial charge < -0.3 is 9.45 Å². The summed E-state index contributed by atoms with van der Waals surface area (Å²) in [5, 5.41) is 0. The van der Waals surface area contributed by atoms with E-state index in [1.165, 1.54) is 18.9 Å². The lowest BCUT2D eigenvalue weighted by molar-refractivity contribution is -0.788. The SMILES string of the molecule is CCCCCCc1cccc(S(=O)(=O)[O-])c1[NH+](C)C. The number of nitrogens with one attached hydrogen (secondary N) is 1. The smallest absolute Gasteiger partial charge is 0.151 e. The molecule has 0 radical (unpaired) electrons. The van der Waals surface area contributed by atoms with Crippen LogP contribution in [0.15, 0.2) is 23.1 Å². The molecule has 1 aromatic carbocycles. The van der Waals surface area contributed by atoms with Crippen molar-refractivity contribution in [1.82, 2.24) is 0 Å². The third-order valence-electron chi connectivity index (χ3n) is 3.18. The summed E-state index contributed by atoms with van der Waals surface area (Å²) < 4.78 is 34.0. The molecule has 1 rings (SSSR count). The van der Waals surface area contributed by atoms with Gasteiger partial charge in [0.2, 0.25) is 0 Å². The summed E-state index contributed by atoms with van der Waals surface area (Å²) in [6.07, 6.45) is 5.33. The van der Waals surface area contributed by atoms with Crippen LogP contribution in [0.2, 0.25) is 0 Å². The molecule has 0 atom stereocenters. The molecule has 1 aromatic rings. The first-order valence-corrected chi connectivity index (χ1v) is 8.17. The Bertz CT molecular complexity index is 509. The van der Waals surface area contributed by atoms with Crippen molar-refractivity contribution >= 4 is 15.8 Å². The maximum Gasteiger partial charge on any atom is 0.151 e. The quantitative estimate of drug-likeness (QED) is 0.610. The zero-order valence-corrected chi connectivity index (χ0v) is 12.7. The zero-order valence-electron chi connectivity index (χ0n) is 11.9. The number of unbranched alkanes of at least 4 members (excludes halogenated alkanes) is 3. The highest BCUT2D eigenvalue weighted by molar-refractivity contribution is 7.85. The van der Waals surface area contributed by atoms with E-state index in [-0.39, 0.29) is 4.90 Å². The van der Waals surface area contributed by atoms with Crippen molar-refractivity contribution in [1.29, 1.82) is 0 Å². The lowest BCUT2D eigenvalue weighted by Gasteiger charge is -2.18. The fourth-order valence-corrected chi connectivity index (χ4v) is 3.13. The van der Waals surface area contributed by atoms with Crippen LogP contribution >= 0.6 is 0 Å². The van der Waals surface area contributed by atoms with E-state index in [4.69, 9.17) is 0 Å². The Labute approximate surface area is 116 Å². The molecule has 108 valence electrons. The molecule has 0 fully saturated rings. The molecule has 0 saturated carbocycles. The fraction of sp³-hybridized carbons (Fsp3) is 0.571. The van der Waals surface area contributed by atoms with Crippen LogP contribution in [0.5, 0.6) is 0 Å². The van der Waals surface area contributed by atoms with Crippen LogP contribution in [0.3, 0.4) is 0 Å². The van der Waals surface area contributed by atoms with Gasteiger partial charge in [-0.2, -0.15) is 0 Å². The number of quaternary nitrogens is 1. The van der Waals surface area contributed by atoms with Crippen LogP contribution in [-0.4, -0.2) is 27.1 Å². The van der Waals surface area contributed by atoms with E-state index >= 15 is 0 Å². The van der Waals surface area contributed by atoms with Gasteiger partial charge >= 0.3 is 0 Å². The summed E-state index contributed by atoms with van der Waals surface area (Å²) in [5.41, 5.74) is 1.59. The molecular weight excluding hydrogens is 262 g/mol. The largest absolute Gasteiger partial charge is 0.744 e. The first-order chi connectivity index (χ1) is 8.88. The van der Waals surface area contributed by atoms with E-state index in [1.54, 1.807) is 6.07 Å². The second kappa shape index (κ2) is 7.03.